The molecule has 2 atom stereocenters. The highest BCUT2D eigenvalue weighted by Gasteiger charge is 2.20. The summed E-state index contributed by atoms with van der Waals surface area (Å²) in [6.07, 6.45) is 9.16. The predicted octanol–water partition coefficient (Wildman–Crippen LogP) is 1.60. The van der Waals surface area contributed by atoms with E-state index in [2.05, 4.69) is 16.7 Å². The lowest BCUT2D eigenvalue weighted by molar-refractivity contribution is -0.139. The van der Waals surface area contributed by atoms with Gasteiger partial charge in [-0.3, -0.25) is 0 Å². The zero-order chi connectivity index (χ0) is 13.4. The van der Waals surface area contributed by atoms with Gasteiger partial charge in [0.2, 0.25) is 0 Å². The molecule has 6 heteroatoms. The van der Waals surface area contributed by atoms with E-state index >= 15 is 0 Å². The van der Waals surface area contributed by atoms with Crippen LogP contribution in [0.1, 0.15) is 25.7 Å². The van der Waals surface area contributed by atoms with Crippen molar-refractivity contribution in [3.05, 3.63) is 12.2 Å². The molecule has 0 bridgehead atoms. The Bertz CT molecular complexity index is 320. The van der Waals surface area contributed by atoms with Crippen molar-refractivity contribution in [1.29, 1.82) is 0 Å². The molecular weight excluding hydrogens is 252 g/mol. The molecule has 1 aliphatic carbocycles. The summed E-state index contributed by atoms with van der Waals surface area (Å²) >= 11 is 1.57. The third-order valence-electron chi connectivity index (χ3n) is 2.82. The van der Waals surface area contributed by atoms with Gasteiger partial charge in [0.25, 0.3) is 0 Å². The lowest BCUT2D eigenvalue weighted by Crippen LogP contribution is -2.49. The molecule has 0 aliphatic heterocycles. The molecule has 5 nitrogen and oxygen atoms in total. The van der Waals surface area contributed by atoms with Crippen molar-refractivity contribution in [3.63, 3.8) is 0 Å². The normalized spacial score (nSPS) is 20.2. The van der Waals surface area contributed by atoms with Crippen molar-refractivity contribution >= 4 is 23.8 Å². The molecule has 0 aromatic heterocycles. The lowest BCUT2D eigenvalue weighted by atomic mass is 10.0. The summed E-state index contributed by atoms with van der Waals surface area (Å²) in [6.45, 7) is 0. The van der Waals surface area contributed by atoms with Crippen LogP contribution in [-0.2, 0) is 4.79 Å². The van der Waals surface area contributed by atoms with E-state index in [4.69, 9.17) is 5.11 Å². The van der Waals surface area contributed by atoms with Gasteiger partial charge in [0.15, 0.2) is 0 Å². The third-order valence-corrected chi connectivity index (χ3v) is 3.46. The molecule has 18 heavy (non-hydrogen) atoms. The van der Waals surface area contributed by atoms with Crippen LogP contribution in [0.3, 0.4) is 0 Å². The maximum atomic E-state index is 11.7. The quantitative estimate of drug-likeness (QED) is 0.642. The fraction of sp³-hybridized carbons (Fsp3) is 0.667. The van der Waals surface area contributed by atoms with Gasteiger partial charge >= 0.3 is 12.0 Å². The second-order valence-corrected chi connectivity index (χ2v) is 5.26. The second-order valence-electron chi connectivity index (χ2n) is 4.27. The van der Waals surface area contributed by atoms with Crippen molar-refractivity contribution < 1.29 is 14.7 Å². The highest BCUT2D eigenvalue weighted by molar-refractivity contribution is 7.98. The van der Waals surface area contributed by atoms with Crippen LogP contribution >= 0.6 is 11.8 Å². The number of hydrogen-bond acceptors (Lipinski definition) is 3. The molecule has 0 saturated heterocycles. The number of rotatable bonds is 6. The number of aliphatic carboxylic acids is 1. The molecule has 3 N–H and O–H groups in total. The Morgan fingerprint density at radius 3 is 2.83 bits per heavy atom. The molecule has 0 saturated carbocycles. The molecule has 0 radical (unpaired) electrons. The van der Waals surface area contributed by atoms with Crippen molar-refractivity contribution in [3.8, 4) is 0 Å². The summed E-state index contributed by atoms with van der Waals surface area (Å²) in [5, 5.41) is 14.3. The van der Waals surface area contributed by atoms with Crippen molar-refractivity contribution in [2.24, 2.45) is 0 Å². The molecule has 2 unspecified atom stereocenters. The molecule has 1 aliphatic rings. The van der Waals surface area contributed by atoms with Crippen LogP contribution in [0.25, 0.3) is 0 Å². The first-order chi connectivity index (χ1) is 8.63. The van der Waals surface area contributed by atoms with Gasteiger partial charge in [0, 0.05) is 6.04 Å². The van der Waals surface area contributed by atoms with Gasteiger partial charge in [-0.05, 0) is 37.7 Å². The van der Waals surface area contributed by atoms with Crippen molar-refractivity contribution in [1.82, 2.24) is 10.6 Å². The molecular formula is C12H20N2O3S. The summed E-state index contributed by atoms with van der Waals surface area (Å²) < 4.78 is 0. The molecule has 0 aromatic carbocycles. The number of carboxylic acid groups (broad SMARTS) is 1. The fourth-order valence-corrected chi connectivity index (χ4v) is 2.27. The van der Waals surface area contributed by atoms with Gasteiger partial charge in [-0.1, -0.05) is 12.2 Å². The first-order valence-corrected chi connectivity index (χ1v) is 7.46. The molecule has 0 aromatic rings. The number of carbonyl (C=O) groups is 2. The Morgan fingerprint density at radius 1 is 1.50 bits per heavy atom. The topological polar surface area (TPSA) is 78.4 Å². The second kappa shape index (κ2) is 8.02. The fourth-order valence-electron chi connectivity index (χ4n) is 1.80. The van der Waals surface area contributed by atoms with E-state index in [9.17, 15) is 9.59 Å². The average Bonchev–Trinajstić information content (AvgIpc) is 2.35. The van der Waals surface area contributed by atoms with Gasteiger partial charge in [0.1, 0.15) is 6.04 Å². The van der Waals surface area contributed by atoms with Gasteiger partial charge in [-0.25, -0.2) is 9.59 Å². The van der Waals surface area contributed by atoms with E-state index < -0.39 is 12.0 Å². The van der Waals surface area contributed by atoms with Crippen molar-refractivity contribution in [2.45, 2.75) is 37.8 Å². The first-order valence-electron chi connectivity index (χ1n) is 6.07. The smallest absolute Gasteiger partial charge is 0.326 e. The van der Waals surface area contributed by atoms with Crippen LogP contribution in [0.4, 0.5) is 4.79 Å². The van der Waals surface area contributed by atoms with E-state index in [-0.39, 0.29) is 12.1 Å². The highest BCUT2D eigenvalue weighted by Crippen LogP contribution is 2.10. The Labute approximate surface area is 111 Å². The zero-order valence-corrected chi connectivity index (χ0v) is 11.3. The highest BCUT2D eigenvalue weighted by atomic mass is 32.2. The van der Waals surface area contributed by atoms with Crippen LogP contribution in [0, 0.1) is 0 Å². The number of hydrogen-bond donors (Lipinski definition) is 3. The molecule has 1 rings (SSSR count). The summed E-state index contributed by atoms with van der Waals surface area (Å²) in [5.74, 6) is -0.272. The van der Waals surface area contributed by atoms with Gasteiger partial charge < -0.3 is 15.7 Å². The molecule has 2 amide bonds. The van der Waals surface area contributed by atoms with E-state index in [1.54, 1.807) is 11.8 Å². The predicted molar refractivity (Wildman–Crippen MR) is 72.9 cm³/mol. The Balaban J connectivity index is 2.35. The number of carboxylic acids is 1. The summed E-state index contributed by atoms with van der Waals surface area (Å²) in [5.41, 5.74) is 0. The lowest BCUT2D eigenvalue weighted by Gasteiger charge is -2.21. The van der Waals surface area contributed by atoms with E-state index in [1.807, 2.05) is 12.3 Å². The number of urea groups is 1. The monoisotopic (exact) mass is 272 g/mol. The maximum absolute atomic E-state index is 11.7. The molecule has 0 spiro atoms. The average molecular weight is 272 g/mol. The van der Waals surface area contributed by atoms with E-state index in [0.717, 1.165) is 19.3 Å². The summed E-state index contributed by atoms with van der Waals surface area (Å²) in [7, 11) is 0. The molecule has 102 valence electrons. The minimum Gasteiger partial charge on any atom is -0.480 e. The largest absolute Gasteiger partial charge is 0.480 e. The number of carbonyl (C=O) groups excluding carboxylic acids is 1. The minimum atomic E-state index is -0.984. The Hall–Kier alpha value is -1.17. The Morgan fingerprint density at radius 2 is 2.28 bits per heavy atom. The first kappa shape index (κ1) is 14.9. The minimum absolute atomic E-state index is 0.116. The van der Waals surface area contributed by atoms with Crippen LogP contribution in [0.2, 0.25) is 0 Å². The van der Waals surface area contributed by atoms with Crippen LogP contribution < -0.4 is 10.6 Å². The standard InChI is InChI=1S/C12H20N2O3S/c1-18-8-7-10(11(15)16)14-12(17)13-9-5-3-2-4-6-9/h2-3,9-10H,4-8H2,1H3,(H,15,16)(H2,13,14,17). The number of nitrogens with one attached hydrogen (secondary N) is 2. The van der Waals surface area contributed by atoms with Gasteiger partial charge in [-0.15, -0.1) is 0 Å². The summed E-state index contributed by atoms with van der Waals surface area (Å²) in [6, 6.07) is -1.08. The van der Waals surface area contributed by atoms with Gasteiger partial charge in [0.05, 0.1) is 0 Å². The SMILES string of the molecule is CSCCC(NC(=O)NC1CC=CCC1)C(=O)O. The van der Waals surface area contributed by atoms with Crippen LogP contribution in [-0.4, -0.2) is 41.2 Å². The number of amides is 2. The molecule has 0 fully saturated rings. The van der Waals surface area contributed by atoms with Crippen LogP contribution in [0.5, 0.6) is 0 Å². The maximum Gasteiger partial charge on any atom is 0.326 e. The zero-order valence-electron chi connectivity index (χ0n) is 10.5. The third kappa shape index (κ3) is 5.44. The van der Waals surface area contributed by atoms with E-state index in [1.165, 1.54) is 0 Å². The number of thioether (sulfide) groups is 1. The van der Waals surface area contributed by atoms with Crippen molar-refractivity contribution in [2.75, 3.05) is 12.0 Å². The van der Waals surface area contributed by atoms with Gasteiger partial charge in [-0.2, -0.15) is 11.8 Å². The summed E-state index contributed by atoms with van der Waals surface area (Å²) in [4.78, 5) is 22.6. The van der Waals surface area contributed by atoms with E-state index in [0.29, 0.717) is 12.2 Å². The Kier molecular flexibility index (Phi) is 6.64. The van der Waals surface area contributed by atoms with Crippen LogP contribution in [0.15, 0.2) is 12.2 Å². The number of allylic oxidation sites excluding steroid dienone is 1. The molecule has 0 heterocycles.